The lowest BCUT2D eigenvalue weighted by Gasteiger charge is -2.39. The molecule has 242 valence electrons. The Balaban J connectivity index is 0.978. The fourth-order valence-electron chi connectivity index (χ4n) is 6.53. The molecule has 0 bridgehead atoms. The molecule has 1 amide bonds. The van der Waals surface area contributed by atoms with Crippen LogP contribution in [0.5, 0.6) is 11.5 Å². The number of benzene rings is 3. The molecular formula is C35H40N4O6S. The van der Waals surface area contributed by atoms with Crippen molar-refractivity contribution in [2.24, 2.45) is 0 Å². The number of hydrogen-bond donors (Lipinski definition) is 1. The number of carboxylic acid groups (broad SMARTS) is 1. The van der Waals surface area contributed by atoms with Crippen LogP contribution in [0.4, 0.5) is 15.6 Å². The second-order valence-electron chi connectivity index (χ2n) is 12.1. The van der Waals surface area contributed by atoms with E-state index in [-0.39, 0.29) is 18.1 Å². The summed E-state index contributed by atoms with van der Waals surface area (Å²) in [6.45, 7) is 5.94. The Labute approximate surface area is 273 Å². The van der Waals surface area contributed by atoms with E-state index >= 15 is 0 Å². The van der Waals surface area contributed by atoms with Crippen LogP contribution in [-0.2, 0) is 16.1 Å². The van der Waals surface area contributed by atoms with Gasteiger partial charge in [-0.05, 0) is 60.4 Å². The first-order chi connectivity index (χ1) is 22.5. The van der Waals surface area contributed by atoms with E-state index < -0.39 is 6.09 Å². The SMILES string of the molecule is COCCCN1CCOc2ccc(COC3CN(C(=O)O)CCC3c3ccc(OC4CN(c5nc6ccccc6s5)C4)cc3)cc21. The van der Waals surface area contributed by atoms with E-state index in [1.54, 1.807) is 18.4 Å². The van der Waals surface area contributed by atoms with Gasteiger partial charge in [-0.2, -0.15) is 0 Å². The first-order valence-corrected chi connectivity index (χ1v) is 16.8. The van der Waals surface area contributed by atoms with Crippen molar-refractivity contribution in [3.8, 4) is 11.5 Å². The summed E-state index contributed by atoms with van der Waals surface area (Å²) in [5, 5.41) is 10.8. The summed E-state index contributed by atoms with van der Waals surface area (Å²) in [4.78, 5) is 22.7. The molecule has 2 atom stereocenters. The number of likely N-dealkylation sites (tertiary alicyclic amines) is 1. The summed E-state index contributed by atoms with van der Waals surface area (Å²) in [5.74, 6) is 1.80. The number of hydrogen-bond acceptors (Lipinski definition) is 9. The molecule has 3 aliphatic heterocycles. The Morgan fingerprint density at radius 1 is 1.07 bits per heavy atom. The van der Waals surface area contributed by atoms with Gasteiger partial charge in [0.1, 0.15) is 24.2 Å². The van der Waals surface area contributed by atoms with E-state index in [1.807, 2.05) is 36.4 Å². The number of fused-ring (bicyclic) bond motifs is 2. The topological polar surface area (TPSA) is 96.8 Å². The third-order valence-electron chi connectivity index (χ3n) is 9.07. The van der Waals surface area contributed by atoms with E-state index in [0.717, 1.165) is 78.2 Å². The Kier molecular flexibility index (Phi) is 9.14. The lowest BCUT2D eigenvalue weighted by atomic mass is 9.87. The molecule has 7 rings (SSSR count). The first-order valence-electron chi connectivity index (χ1n) is 16.0. The van der Waals surface area contributed by atoms with Crippen LogP contribution in [0.25, 0.3) is 10.2 Å². The van der Waals surface area contributed by atoms with Gasteiger partial charge in [0.05, 0.1) is 54.8 Å². The van der Waals surface area contributed by atoms with Crippen LogP contribution in [0.2, 0.25) is 0 Å². The Morgan fingerprint density at radius 2 is 1.91 bits per heavy atom. The number of rotatable bonds is 11. The molecule has 3 aliphatic rings. The highest BCUT2D eigenvalue weighted by atomic mass is 32.1. The summed E-state index contributed by atoms with van der Waals surface area (Å²) in [5.41, 5.74) is 4.28. The van der Waals surface area contributed by atoms with Crippen molar-refractivity contribution in [3.05, 3.63) is 77.9 Å². The number of aromatic nitrogens is 1. The van der Waals surface area contributed by atoms with Gasteiger partial charge in [-0.25, -0.2) is 9.78 Å². The monoisotopic (exact) mass is 644 g/mol. The van der Waals surface area contributed by atoms with Crippen LogP contribution < -0.4 is 19.3 Å². The lowest BCUT2D eigenvalue weighted by Crippen LogP contribution is -2.54. The van der Waals surface area contributed by atoms with Crippen molar-refractivity contribution in [3.63, 3.8) is 0 Å². The summed E-state index contributed by atoms with van der Waals surface area (Å²) >= 11 is 1.72. The molecule has 0 radical (unpaired) electrons. The molecule has 1 N–H and O–H groups in total. The Morgan fingerprint density at radius 3 is 2.72 bits per heavy atom. The van der Waals surface area contributed by atoms with E-state index in [9.17, 15) is 9.90 Å². The van der Waals surface area contributed by atoms with Gasteiger partial charge in [0.2, 0.25) is 0 Å². The van der Waals surface area contributed by atoms with Crippen molar-refractivity contribution >= 4 is 38.5 Å². The maximum Gasteiger partial charge on any atom is 0.407 e. The highest BCUT2D eigenvalue weighted by molar-refractivity contribution is 7.22. The molecule has 0 spiro atoms. The smallest absolute Gasteiger partial charge is 0.407 e. The third kappa shape index (κ3) is 6.72. The van der Waals surface area contributed by atoms with Gasteiger partial charge in [0.25, 0.3) is 0 Å². The molecule has 4 aromatic rings. The van der Waals surface area contributed by atoms with Crippen molar-refractivity contribution in [1.82, 2.24) is 9.88 Å². The fourth-order valence-corrected chi connectivity index (χ4v) is 7.52. The molecule has 2 unspecified atom stereocenters. The fraction of sp³-hybridized carbons (Fsp3) is 0.429. The molecule has 4 heterocycles. The summed E-state index contributed by atoms with van der Waals surface area (Å²) in [6.07, 6.45) is 0.580. The molecule has 2 saturated heterocycles. The number of ether oxygens (including phenoxy) is 4. The first kappa shape index (κ1) is 30.6. The predicted octanol–water partition coefficient (Wildman–Crippen LogP) is 5.85. The van der Waals surface area contributed by atoms with Crippen molar-refractivity contribution in [1.29, 1.82) is 0 Å². The molecule has 1 aromatic heterocycles. The van der Waals surface area contributed by atoms with Gasteiger partial charge in [0.15, 0.2) is 5.13 Å². The maximum absolute atomic E-state index is 11.9. The second kappa shape index (κ2) is 13.7. The quantitative estimate of drug-likeness (QED) is 0.202. The second-order valence-corrected chi connectivity index (χ2v) is 13.1. The average Bonchev–Trinajstić information content (AvgIpc) is 3.49. The Bertz CT molecular complexity index is 1610. The summed E-state index contributed by atoms with van der Waals surface area (Å²) < 4.78 is 25.1. The van der Waals surface area contributed by atoms with Crippen molar-refractivity contribution in [2.75, 3.05) is 69.4 Å². The molecule has 10 nitrogen and oxygen atoms in total. The zero-order chi connectivity index (χ0) is 31.5. The molecular weight excluding hydrogens is 604 g/mol. The predicted molar refractivity (Wildman–Crippen MR) is 179 cm³/mol. The molecule has 11 heteroatoms. The summed E-state index contributed by atoms with van der Waals surface area (Å²) in [6, 6.07) is 22.7. The highest BCUT2D eigenvalue weighted by Gasteiger charge is 2.34. The largest absolute Gasteiger partial charge is 0.490 e. The van der Waals surface area contributed by atoms with Gasteiger partial charge >= 0.3 is 6.09 Å². The average molecular weight is 645 g/mol. The number of piperidine rings is 1. The number of anilines is 2. The van der Waals surface area contributed by atoms with Gasteiger partial charge < -0.3 is 38.8 Å². The van der Waals surface area contributed by atoms with Gasteiger partial charge in [-0.1, -0.05) is 41.7 Å². The zero-order valence-corrected chi connectivity index (χ0v) is 26.9. The number of methoxy groups -OCH3 is 1. The minimum absolute atomic E-state index is 0.0781. The standard InChI is InChI=1S/C35H40N4O6S/c1-42-17-4-14-37-16-18-43-31-12-7-24(19-30(31)37)23-44-32-22-38(35(40)41)15-13-28(32)25-8-10-26(11-9-25)45-27-20-39(21-27)34-36-29-5-2-3-6-33(29)46-34/h2-3,5-12,19,27-28,32H,4,13-18,20-23H2,1H3,(H,40,41). The van der Waals surface area contributed by atoms with E-state index in [0.29, 0.717) is 32.7 Å². The Hall–Kier alpha value is -4.06. The number of amides is 1. The van der Waals surface area contributed by atoms with E-state index in [4.69, 9.17) is 23.9 Å². The molecule has 3 aromatic carbocycles. The van der Waals surface area contributed by atoms with Crippen LogP contribution >= 0.6 is 11.3 Å². The van der Waals surface area contributed by atoms with Crippen LogP contribution in [0.1, 0.15) is 29.9 Å². The molecule has 0 saturated carbocycles. The van der Waals surface area contributed by atoms with Crippen LogP contribution in [0.3, 0.4) is 0 Å². The minimum Gasteiger partial charge on any atom is -0.490 e. The third-order valence-corrected chi connectivity index (χ3v) is 10.2. The number of thiazole rings is 1. The number of para-hydroxylation sites is 1. The lowest BCUT2D eigenvalue weighted by molar-refractivity contribution is -0.0199. The normalized spacial score (nSPS) is 19.9. The van der Waals surface area contributed by atoms with Crippen molar-refractivity contribution < 1.29 is 28.8 Å². The van der Waals surface area contributed by atoms with Gasteiger partial charge in [0, 0.05) is 32.7 Å². The number of nitrogens with zero attached hydrogens (tertiary/aromatic N) is 4. The van der Waals surface area contributed by atoms with E-state index in [2.05, 4.69) is 40.1 Å². The maximum atomic E-state index is 11.9. The number of carbonyl (C=O) groups is 1. The van der Waals surface area contributed by atoms with Crippen LogP contribution in [0.15, 0.2) is 66.7 Å². The molecule has 0 aliphatic carbocycles. The zero-order valence-electron chi connectivity index (χ0n) is 26.0. The minimum atomic E-state index is -0.909. The van der Waals surface area contributed by atoms with Crippen molar-refractivity contribution in [2.45, 2.75) is 37.6 Å². The summed E-state index contributed by atoms with van der Waals surface area (Å²) in [7, 11) is 1.73. The van der Waals surface area contributed by atoms with Crippen LogP contribution in [0, 0.1) is 0 Å². The van der Waals surface area contributed by atoms with E-state index in [1.165, 1.54) is 9.60 Å². The highest BCUT2D eigenvalue weighted by Crippen LogP contribution is 2.36. The van der Waals surface area contributed by atoms with Gasteiger partial charge in [-0.3, -0.25) is 0 Å². The molecule has 2 fully saturated rings. The molecule has 46 heavy (non-hydrogen) atoms. The van der Waals surface area contributed by atoms with Gasteiger partial charge in [-0.15, -0.1) is 0 Å². The van der Waals surface area contributed by atoms with Crippen LogP contribution in [-0.4, -0.2) is 92.9 Å².